The van der Waals surface area contributed by atoms with E-state index in [9.17, 15) is 4.79 Å². The number of rotatable bonds is 3. The molecular formula is C19H23NO2. The Hall–Kier alpha value is -2.29. The fraction of sp³-hybridized carbons (Fsp3) is 0.316. The van der Waals surface area contributed by atoms with E-state index < -0.39 is 0 Å². The Labute approximate surface area is 132 Å². The molecule has 0 spiro atoms. The molecule has 0 aliphatic carbocycles. The van der Waals surface area contributed by atoms with Crippen LogP contribution in [0.25, 0.3) is 0 Å². The number of carbonyl (C=O) groups excluding carboxylic acids is 1. The van der Waals surface area contributed by atoms with Gasteiger partial charge in [0.05, 0.1) is 7.11 Å². The van der Waals surface area contributed by atoms with Crippen LogP contribution in [0.5, 0.6) is 5.75 Å². The number of nitrogens with one attached hydrogen (secondary N) is 1. The lowest BCUT2D eigenvalue weighted by Gasteiger charge is -2.19. The van der Waals surface area contributed by atoms with E-state index in [2.05, 4.69) is 26.1 Å². The molecule has 2 aromatic carbocycles. The van der Waals surface area contributed by atoms with Crippen molar-refractivity contribution < 1.29 is 9.53 Å². The second-order valence-electron chi connectivity index (χ2n) is 6.46. The third-order valence-electron chi connectivity index (χ3n) is 3.69. The Bertz CT molecular complexity index is 667. The zero-order valence-corrected chi connectivity index (χ0v) is 13.9. The quantitative estimate of drug-likeness (QED) is 0.902. The highest BCUT2D eigenvalue weighted by molar-refractivity contribution is 6.04. The van der Waals surface area contributed by atoms with Gasteiger partial charge in [-0.3, -0.25) is 4.79 Å². The van der Waals surface area contributed by atoms with E-state index in [-0.39, 0.29) is 11.3 Å². The number of aryl methyl sites for hydroxylation is 1. The van der Waals surface area contributed by atoms with Crippen LogP contribution in [0.2, 0.25) is 0 Å². The van der Waals surface area contributed by atoms with Gasteiger partial charge >= 0.3 is 0 Å². The van der Waals surface area contributed by atoms with Crippen molar-refractivity contribution in [2.24, 2.45) is 0 Å². The first-order valence-electron chi connectivity index (χ1n) is 7.38. The van der Waals surface area contributed by atoms with Crippen molar-refractivity contribution in [1.82, 2.24) is 0 Å². The summed E-state index contributed by atoms with van der Waals surface area (Å²) in [5.41, 5.74) is 3.72. The molecule has 1 amide bonds. The number of methoxy groups -OCH3 is 1. The van der Waals surface area contributed by atoms with E-state index >= 15 is 0 Å². The zero-order chi connectivity index (χ0) is 16.3. The van der Waals surface area contributed by atoms with Crippen LogP contribution in [0, 0.1) is 6.92 Å². The lowest BCUT2D eigenvalue weighted by Crippen LogP contribution is -2.14. The minimum Gasteiger partial charge on any atom is -0.497 e. The van der Waals surface area contributed by atoms with Crippen LogP contribution in [-0.2, 0) is 5.41 Å². The second kappa shape index (κ2) is 6.22. The van der Waals surface area contributed by atoms with Crippen LogP contribution in [0.15, 0.2) is 42.5 Å². The number of ether oxygens (including phenoxy) is 1. The monoisotopic (exact) mass is 297 g/mol. The van der Waals surface area contributed by atoms with Gasteiger partial charge in [0.2, 0.25) is 0 Å². The molecule has 2 aromatic rings. The number of hydrogen-bond donors (Lipinski definition) is 1. The summed E-state index contributed by atoms with van der Waals surface area (Å²) in [7, 11) is 1.63. The van der Waals surface area contributed by atoms with Gasteiger partial charge in [-0.1, -0.05) is 32.9 Å². The lowest BCUT2D eigenvalue weighted by molar-refractivity contribution is 0.102. The summed E-state index contributed by atoms with van der Waals surface area (Å²) < 4.78 is 5.17. The van der Waals surface area contributed by atoms with Crippen molar-refractivity contribution in [3.8, 4) is 5.75 Å². The molecule has 0 atom stereocenters. The smallest absolute Gasteiger partial charge is 0.255 e. The van der Waals surface area contributed by atoms with Gasteiger partial charge in [-0.05, 0) is 53.8 Å². The zero-order valence-electron chi connectivity index (χ0n) is 13.9. The van der Waals surface area contributed by atoms with E-state index in [0.717, 1.165) is 17.0 Å². The van der Waals surface area contributed by atoms with Gasteiger partial charge in [-0.25, -0.2) is 0 Å². The van der Waals surface area contributed by atoms with Gasteiger partial charge in [0.15, 0.2) is 0 Å². The molecule has 0 fully saturated rings. The molecule has 0 aliphatic rings. The molecule has 0 saturated heterocycles. The van der Waals surface area contributed by atoms with Crippen molar-refractivity contribution in [3.63, 3.8) is 0 Å². The van der Waals surface area contributed by atoms with Gasteiger partial charge < -0.3 is 10.1 Å². The molecule has 22 heavy (non-hydrogen) atoms. The number of carbonyl (C=O) groups is 1. The highest BCUT2D eigenvalue weighted by Crippen LogP contribution is 2.24. The Morgan fingerprint density at radius 2 is 1.68 bits per heavy atom. The molecule has 0 aromatic heterocycles. The lowest BCUT2D eigenvalue weighted by atomic mass is 9.87. The maximum atomic E-state index is 12.3. The molecule has 116 valence electrons. The number of benzene rings is 2. The van der Waals surface area contributed by atoms with Crippen molar-refractivity contribution in [1.29, 1.82) is 0 Å². The predicted molar refractivity (Wildman–Crippen MR) is 90.8 cm³/mol. The molecule has 2 rings (SSSR count). The summed E-state index contributed by atoms with van der Waals surface area (Å²) in [5.74, 6) is 0.679. The van der Waals surface area contributed by atoms with Gasteiger partial charge in [0, 0.05) is 11.3 Å². The molecule has 3 heteroatoms. The molecular weight excluding hydrogens is 274 g/mol. The molecule has 1 N–H and O–H groups in total. The average molecular weight is 297 g/mol. The molecule has 3 nitrogen and oxygen atoms in total. The standard InChI is InChI=1S/C19H23NO2/c1-13-12-16(22-5)10-11-17(13)20-18(21)14-6-8-15(9-7-14)19(2,3)4/h6-12H,1-5H3,(H,20,21). The summed E-state index contributed by atoms with van der Waals surface area (Å²) >= 11 is 0. The van der Waals surface area contributed by atoms with E-state index in [1.54, 1.807) is 7.11 Å². The van der Waals surface area contributed by atoms with E-state index in [0.29, 0.717) is 5.56 Å². The molecule has 0 saturated carbocycles. The van der Waals surface area contributed by atoms with Crippen LogP contribution < -0.4 is 10.1 Å². The van der Waals surface area contributed by atoms with Gasteiger partial charge in [-0.2, -0.15) is 0 Å². The first-order chi connectivity index (χ1) is 10.3. The third kappa shape index (κ3) is 3.67. The van der Waals surface area contributed by atoms with Crippen molar-refractivity contribution in [3.05, 3.63) is 59.2 Å². The van der Waals surface area contributed by atoms with Crippen LogP contribution >= 0.6 is 0 Å². The summed E-state index contributed by atoms with van der Waals surface area (Å²) in [5, 5.41) is 2.94. The molecule has 0 heterocycles. The Morgan fingerprint density at radius 3 is 2.18 bits per heavy atom. The SMILES string of the molecule is COc1ccc(NC(=O)c2ccc(C(C)(C)C)cc2)c(C)c1. The van der Waals surface area contributed by atoms with E-state index in [1.807, 2.05) is 49.4 Å². The van der Waals surface area contributed by atoms with E-state index in [4.69, 9.17) is 4.74 Å². The van der Waals surface area contributed by atoms with Gasteiger partial charge in [0.25, 0.3) is 5.91 Å². The Morgan fingerprint density at radius 1 is 1.05 bits per heavy atom. The van der Waals surface area contributed by atoms with Crippen LogP contribution in [0.4, 0.5) is 5.69 Å². The maximum absolute atomic E-state index is 12.3. The van der Waals surface area contributed by atoms with Gasteiger partial charge in [-0.15, -0.1) is 0 Å². The van der Waals surface area contributed by atoms with Crippen LogP contribution in [0.1, 0.15) is 42.3 Å². The van der Waals surface area contributed by atoms with Crippen molar-refractivity contribution in [2.45, 2.75) is 33.1 Å². The fourth-order valence-corrected chi connectivity index (χ4v) is 2.22. The topological polar surface area (TPSA) is 38.3 Å². The molecule has 0 unspecified atom stereocenters. The summed E-state index contributed by atoms with van der Waals surface area (Å²) in [6, 6.07) is 13.4. The number of anilines is 1. The van der Waals surface area contributed by atoms with Crippen molar-refractivity contribution >= 4 is 11.6 Å². The minimum atomic E-state index is -0.103. The minimum absolute atomic E-state index is 0.0849. The molecule has 0 bridgehead atoms. The van der Waals surface area contributed by atoms with Crippen LogP contribution in [-0.4, -0.2) is 13.0 Å². The molecule has 0 radical (unpaired) electrons. The summed E-state index contributed by atoms with van der Waals surface area (Å²) in [6.45, 7) is 8.41. The van der Waals surface area contributed by atoms with Crippen molar-refractivity contribution in [2.75, 3.05) is 12.4 Å². The average Bonchev–Trinajstić information content (AvgIpc) is 2.48. The number of amides is 1. The summed E-state index contributed by atoms with van der Waals surface area (Å²) in [4.78, 5) is 12.3. The Kier molecular flexibility index (Phi) is 4.55. The van der Waals surface area contributed by atoms with Crippen LogP contribution in [0.3, 0.4) is 0 Å². The number of hydrogen-bond acceptors (Lipinski definition) is 2. The predicted octanol–water partition coefficient (Wildman–Crippen LogP) is 4.55. The summed E-state index contributed by atoms with van der Waals surface area (Å²) in [6.07, 6.45) is 0. The Balaban J connectivity index is 2.15. The van der Waals surface area contributed by atoms with E-state index in [1.165, 1.54) is 5.56 Å². The molecule has 0 aliphatic heterocycles. The normalized spacial score (nSPS) is 11.1. The highest BCUT2D eigenvalue weighted by atomic mass is 16.5. The second-order valence-corrected chi connectivity index (χ2v) is 6.46. The van der Waals surface area contributed by atoms with Gasteiger partial charge in [0.1, 0.15) is 5.75 Å². The maximum Gasteiger partial charge on any atom is 0.255 e. The largest absolute Gasteiger partial charge is 0.497 e. The fourth-order valence-electron chi connectivity index (χ4n) is 2.22. The third-order valence-corrected chi connectivity index (χ3v) is 3.69. The highest BCUT2D eigenvalue weighted by Gasteiger charge is 2.14. The first-order valence-corrected chi connectivity index (χ1v) is 7.38. The first kappa shape index (κ1) is 16.1.